The average molecular weight is 900 g/mol. The van der Waals surface area contributed by atoms with E-state index in [4.69, 9.17) is 0 Å². The van der Waals surface area contributed by atoms with Gasteiger partial charge in [0.15, 0.2) is 0 Å². The van der Waals surface area contributed by atoms with Crippen LogP contribution in [0.3, 0.4) is 0 Å². The summed E-state index contributed by atoms with van der Waals surface area (Å²) >= 11 is 0. The van der Waals surface area contributed by atoms with E-state index in [1.54, 1.807) is 0 Å². The molecule has 0 radical (unpaired) electrons. The Labute approximate surface area is 412 Å². The molecule has 0 spiro atoms. The highest BCUT2D eigenvalue weighted by molar-refractivity contribution is 6.26. The molecule has 0 atom stereocenters. The maximum atomic E-state index is 2.40. The van der Waals surface area contributed by atoms with Crippen LogP contribution in [-0.4, -0.2) is 0 Å². The molecule has 71 heavy (non-hydrogen) atoms. The molecular formula is C70H45N. The van der Waals surface area contributed by atoms with Gasteiger partial charge in [0.2, 0.25) is 0 Å². The molecule has 0 heterocycles. The summed E-state index contributed by atoms with van der Waals surface area (Å²) in [7, 11) is 0. The molecule has 0 fully saturated rings. The second-order valence-electron chi connectivity index (χ2n) is 18.9. The first kappa shape index (κ1) is 40.7. The van der Waals surface area contributed by atoms with E-state index in [-0.39, 0.29) is 0 Å². The van der Waals surface area contributed by atoms with Crippen molar-refractivity contribution >= 4 is 92.5 Å². The maximum absolute atomic E-state index is 2.40. The molecule has 1 heteroatoms. The number of anilines is 3. The molecule has 0 aliphatic rings. The van der Waals surface area contributed by atoms with Gasteiger partial charge >= 0.3 is 0 Å². The smallest absolute Gasteiger partial charge is 0.0468 e. The first-order valence-electron chi connectivity index (χ1n) is 24.6. The van der Waals surface area contributed by atoms with Crippen molar-refractivity contribution in [1.29, 1.82) is 0 Å². The topological polar surface area (TPSA) is 3.24 Å². The van der Waals surface area contributed by atoms with E-state index in [1.807, 2.05) is 0 Å². The molecule has 0 saturated heterocycles. The lowest BCUT2D eigenvalue weighted by molar-refractivity contribution is 1.29. The fourth-order valence-corrected chi connectivity index (χ4v) is 11.2. The number of hydrogen-bond donors (Lipinski definition) is 0. The second kappa shape index (κ2) is 16.7. The molecular weight excluding hydrogens is 855 g/mol. The van der Waals surface area contributed by atoms with Crippen molar-refractivity contribution < 1.29 is 0 Å². The molecule has 0 aliphatic heterocycles. The van der Waals surface area contributed by atoms with Crippen molar-refractivity contribution in [2.24, 2.45) is 0 Å². The van der Waals surface area contributed by atoms with Crippen LogP contribution >= 0.6 is 0 Å². The van der Waals surface area contributed by atoms with Gasteiger partial charge in [-0.05, 0) is 181 Å². The zero-order valence-electron chi connectivity index (χ0n) is 38.9. The van der Waals surface area contributed by atoms with Gasteiger partial charge in [0.1, 0.15) is 0 Å². The highest BCUT2D eigenvalue weighted by atomic mass is 15.1. The Hall–Kier alpha value is -9.30. The number of fused-ring (bicyclic) bond motifs is 12. The van der Waals surface area contributed by atoms with Crippen LogP contribution in [0.25, 0.3) is 120 Å². The van der Waals surface area contributed by atoms with Crippen LogP contribution in [0.1, 0.15) is 0 Å². The summed E-state index contributed by atoms with van der Waals surface area (Å²) in [6, 6.07) is 101. The Kier molecular flexibility index (Phi) is 9.60. The molecule has 330 valence electrons. The molecule has 14 rings (SSSR count). The molecule has 0 saturated carbocycles. The normalized spacial score (nSPS) is 11.7. The lowest BCUT2D eigenvalue weighted by Gasteiger charge is -2.27. The fourth-order valence-electron chi connectivity index (χ4n) is 11.2. The molecule has 0 unspecified atom stereocenters. The van der Waals surface area contributed by atoms with Gasteiger partial charge in [-0.1, -0.05) is 212 Å². The Bertz CT molecular complexity index is 4150. The van der Waals surface area contributed by atoms with E-state index >= 15 is 0 Å². The standard InChI is InChI=1S/C70H45N/c1-3-17-61-48(11-1)23-25-56-43-54(31-38-63(56)61)52-15-9-13-50(41-52)46-27-33-58(34-28-46)71(60-37-40-69-67-21-6-5-19-65(67)66-20-7-8-22-68(66)70(69)45-60)59-35-29-47(30-36-59)51-14-10-16-53(42-51)55-32-39-64-57(44-55)26-24-49-12-2-4-18-62(49)64/h1-45H. The number of nitrogens with zero attached hydrogens (tertiary/aromatic N) is 1. The molecule has 0 aromatic heterocycles. The zero-order chi connectivity index (χ0) is 46.8. The van der Waals surface area contributed by atoms with Crippen LogP contribution in [0.5, 0.6) is 0 Å². The van der Waals surface area contributed by atoms with Crippen LogP contribution in [0.15, 0.2) is 273 Å². The second-order valence-corrected chi connectivity index (χ2v) is 18.9. The number of benzene rings is 14. The summed E-state index contributed by atoms with van der Waals surface area (Å²) in [5.41, 5.74) is 12.9. The summed E-state index contributed by atoms with van der Waals surface area (Å²) in [6.07, 6.45) is 0. The Morgan fingerprint density at radius 2 is 0.465 bits per heavy atom. The maximum Gasteiger partial charge on any atom is 0.0468 e. The minimum atomic E-state index is 1.09. The summed E-state index contributed by atoms with van der Waals surface area (Å²) < 4.78 is 0. The van der Waals surface area contributed by atoms with Gasteiger partial charge in [0, 0.05) is 17.1 Å². The molecule has 0 N–H and O–H groups in total. The lowest BCUT2D eigenvalue weighted by atomic mass is 9.93. The summed E-state index contributed by atoms with van der Waals surface area (Å²) in [5, 5.41) is 17.8. The first-order chi connectivity index (χ1) is 35.2. The van der Waals surface area contributed by atoms with E-state index in [9.17, 15) is 0 Å². The Morgan fingerprint density at radius 3 is 0.930 bits per heavy atom. The Morgan fingerprint density at radius 1 is 0.155 bits per heavy atom. The van der Waals surface area contributed by atoms with Gasteiger partial charge in [0.05, 0.1) is 0 Å². The Balaban J connectivity index is 0.838. The third-order valence-electron chi connectivity index (χ3n) is 14.8. The van der Waals surface area contributed by atoms with E-state index in [1.165, 1.54) is 120 Å². The number of rotatable bonds is 7. The minimum absolute atomic E-state index is 1.09. The van der Waals surface area contributed by atoms with E-state index in [2.05, 4.69) is 278 Å². The summed E-state index contributed by atoms with van der Waals surface area (Å²) in [4.78, 5) is 2.40. The SMILES string of the molecule is c1cc(-c2ccc(N(c3ccc(-c4cccc(-c5ccc6c(ccc7ccccc76)c5)c4)cc3)c3ccc4c5ccccc5c5ccccc5c4c3)cc2)cc(-c2ccc3c(ccc4ccccc43)c2)c1. The van der Waals surface area contributed by atoms with Crippen LogP contribution in [0.2, 0.25) is 0 Å². The highest BCUT2D eigenvalue weighted by Gasteiger charge is 2.17. The van der Waals surface area contributed by atoms with E-state index in [0.29, 0.717) is 0 Å². The lowest BCUT2D eigenvalue weighted by Crippen LogP contribution is -2.10. The monoisotopic (exact) mass is 899 g/mol. The molecule has 1 nitrogen and oxygen atoms in total. The fraction of sp³-hybridized carbons (Fsp3) is 0. The third-order valence-corrected chi connectivity index (χ3v) is 14.8. The van der Waals surface area contributed by atoms with Crippen molar-refractivity contribution in [2.75, 3.05) is 4.90 Å². The highest BCUT2D eigenvalue weighted by Crippen LogP contribution is 2.43. The van der Waals surface area contributed by atoms with Gasteiger partial charge in [-0.3, -0.25) is 0 Å². The van der Waals surface area contributed by atoms with Gasteiger partial charge < -0.3 is 4.90 Å². The minimum Gasteiger partial charge on any atom is -0.310 e. The van der Waals surface area contributed by atoms with Crippen LogP contribution in [-0.2, 0) is 0 Å². The van der Waals surface area contributed by atoms with Gasteiger partial charge in [0.25, 0.3) is 0 Å². The van der Waals surface area contributed by atoms with Crippen LogP contribution in [0.4, 0.5) is 17.1 Å². The van der Waals surface area contributed by atoms with E-state index in [0.717, 1.165) is 17.1 Å². The average Bonchev–Trinajstić information content (AvgIpc) is 3.45. The van der Waals surface area contributed by atoms with Crippen molar-refractivity contribution in [3.05, 3.63) is 273 Å². The van der Waals surface area contributed by atoms with Crippen LogP contribution < -0.4 is 4.90 Å². The number of hydrogen-bond acceptors (Lipinski definition) is 1. The third kappa shape index (κ3) is 7.09. The van der Waals surface area contributed by atoms with E-state index < -0.39 is 0 Å². The van der Waals surface area contributed by atoms with Crippen molar-refractivity contribution in [2.45, 2.75) is 0 Å². The summed E-state index contributed by atoms with van der Waals surface area (Å²) in [5.74, 6) is 0. The van der Waals surface area contributed by atoms with Gasteiger partial charge in [-0.25, -0.2) is 0 Å². The van der Waals surface area contributed by atoms with Crippen molar-refractivity contribution in [3.8, 4) is 44.5 Å². The van der Waals surface area contributed by atoms with Crippen LogP contribution in [0, 0.1) is 0 Å². The first-order valence-corrected chi connectivity index (χ1v) is 24.6. The van der Waals surface area contributed by atoms with Gasteiger partial charge in [-0.2, -0.15) is 0 Å². The molecule has 14 aromatic rings. The quantitative estimate of drug-likeness (QED) is 0.144. The van der Waals surface area contributed by atoms with Gasteiger partial charge in [-0.15, -0.1) is 0 Å². The molecule has 0 bridgehead atoms. The molecule has 14 aromatic carbocycles. The molecule has 0 aliphatic carbocycles. The van der Waals surface area contributed by atoms with Crippen molar-refractivity contribution in [1.82, 2.24) is 0 Å². The van der Waals surface area contributed by atoms with Crippen molar-refractivity contribution in [3.63, 3.8) is 0 Å². The predicted molar refractivity (Wildman–Crippen MR) is 305 cm³/mol. The largest absolute Gasteiger partial charge is 0.310 e. The summed E-state index contributed by atoms with van der Waals surface area (Å²) in [6.45, 7) is 0. The zero-order valence-corrected chi connectivity index (χ0v) is 38.9. The predicted octanol–water partition coefficient (Wildman–Crippen LogP) is 19.9. The molecule has 0 amide bonds.